The number of hydrogen-bond acceptors (Lipinski definition) is 5. The highest BCUT2D eigenvalue weighted by atomic mass is 33.1. The van der Waals surface area contributed by atoms with E-state index in [1.54, 1.807) is 0 Å². The summed E-state index contributed by atoms with van der Waals surface area (Å²) in [4.78, 5) is 31.1. The van der Waals surface area contributed by atoms with Gasteiger partial charge in [-0.25, -0.2) is 0 Å². The van der Waals surface area contributed by atoms with Crippen LogP contribution in [0.5, 0.6) is 0 Å². The summed E-state index contributed by atoms with van der Waals surface area (Å²) in [7, 11) is 2.98. The molecule has 3 amide bonds. The number of nitrogens with one attached hydrogen (secondary N) is 2. The number of carbonyl (C=O) groups excluding carboxylic acids is 3. The Morgan fingerprint density at radius 3 is 2.33 bits per heavy atom. The Labute approximate surface area is 95.5 Å². The van der Waals surface area contributed by atoms with E-state index in [0.717, 1.165) is 0 Å². The van der Waals surface area contributed by atoms with Crippen molar-refractivity contribution in [2.45, 2.75) is 12.8 Å². The number of rotatable bonds is 9. The van der Waals surface area contributed by atoms with Gasteiger partial charge in [-0.2, -0.15) is 0 Å². The van der Waals surface area contributed by atoms with Gasteiger partial charge in [0.15, 0.2) is 0 Å². The van der Waals surface area contributed by atoms with Gasteiger partial charge in [-0.05, 0) is 0 Å². The van der Waals surface area contributed by atoms with Gasteiger partial charge in [0.05, 0.1) is 0 Å². The van der Waals surface area contributed by atoms with E-state index in [2.05, 4.69) is 10.9 Å². The number of nitrogens with two attached hydrogens (primary N) is 1. The van der Waals surface area contributed by atoms with Crippen molar-refractivity contribution in [3.05, 3.63) is 0 Å². The molecule has 0 radical (unpaired) electrons. The summed E-state index contributed by atoms with van der Waals surface area (Å²) < 4.78 is 0. The Morgan fingerprint density at radius 2 is 1.80 bits per heavy atom. The van der Waals surface area contributed by atoms with Crippen molar-refractivity contribution in [3.63, 3.8) is 0 Å². The maximum Gasteiger partial charge on any atom is 0.239 e. The first kappa shape index (κ1) is 14.1. The zero-order valence-corrected chi connectivity index (χ0v) is 9.66. The fourth-order valence-electron chi connectivity index (χ4n) is 0.567. The molecule has 0 unspecified atom stereocenters. The van der Waals surface area contributed by atoms with E-state index in [1.165, 1.54) is 21.6 Å². The lowest BCUT2D eigenvalue weighted by Gasteiger charge is -2.01. The van der Waals surface area contributed by atoms with Gasteiger partial charge in [-0.15, -0.1) is 0 Å². The quantitative estimate of drug-likeness (QED) is 0.220. The number of hydrogen-bond donors (Lipinski definition) is 3. The zero-order chi connectivity index (χ0) is 11.5. The second kappa shape index (κ2) is 9.66. The molecule has 15 heavy (non-hydrogen) atoms. The molecule has 6 nitrogen and oxygen atoms in total. The van der Waals surface area contributed by atoms with Gasteiger partial charge in [0.25, 0.3) is 0 Å². The van der Waals surface area contributed by atoms with Gasteiger partial charge in [0.1, 0.15) is 0 Å². The lowest BCUT2D eigenvalue weighted by atomic mass is 10.5. The van der Waals surface area contributed by atoms with Gasteiger partial charge in [-0.3, -0.25) is 25.2 Å². The summed E-state index contributed by atoms with van der Waals surface area (Å²) in [5, 5.41) is 0. The molecule has 0 atom stereocenters. The third kappa shape index (κ3) is 11.0. The second-order valence-corrected chi connectivity index (χ2v) is 5.12. The van der Waals surface area contributed by atoms with Crippen LogP contribution in [0.25, 0.3) is 0 Å². The standard InChI is InChI=1S/C7H13N3O3S2/c8-6(12)1-3-14-15-4-2-7(13)10-9-5-11/h5H,1-4H2,(H2,8,12)(H,9,11)(H,10,13). The van der Waals surface area contributed by atoms with Crippen LogP contribution < -0.4 is 16.6 Å². The topological polar surface area (TPSA) is 101 Å². The zero-order valence-electron chi connectivity index (χ0n) is 8.02. The molecule has 0 aliphatic heterocycles. The summed E-state index contributed by atoms with van der Waals surface area (Å²) in [5.41, 5.74) is 9.19. The van der Waals surface area contributed by atoms with Gasteiger partial charge in [0.2, 0.25) is 18.2 Å². The normalized spacial score (nSPS) is 9.33. The highest BCUT2D eigenvalue weighted by Crippen LogP contribution is 2.22. The number of primary amides is 1. The number of amides is 3. The third-order valence-corrected chi connectivity index (χ3v) is 3.61. The fourth-order valence-corrected chi connectivity index (χ4v) is 2.56. The van der Waals surface area contributed by atoms with Crippen LogP contribution in [0.4, 0.5) is 0 Å². The third-order valence-electron chi connectivity index (χ3n) is 1.20. The molecular formula is C7H13N3O3S2. The summed E-state index contributed by atoms with van der Waals surface area (Å²) in [6, 6.07) is 0. The first-order valence-corrected chi connectivity index (χ1v) is 6.66. The minimum atomic E-state index is -0.323. The summed E-state index contributed by atoms with van der Waals surface area (Å²) in [6.07, 6.45) is 1.05. The van der Waals surface area contributed by atoms with Crippen molar-refractivity contribution in [2.24, 2.45) is 5.73 Å². The van der Waals surface area contributed by atoms with Gasteiger partial charge in [0, 0.05) is 24.3 Å². The predicted octanol–water partition coefficient (Wildman–Crippen LogP) is -0.590. The van der Waals surface area contributed by atoms with E-state index in [-0.39, 0.29) is 11.8 Å². The molecule has 0 aromatic rings. The molecule has 0 spiro atoms. The summed E-state index contributed by atoms with van der Waals surface area (Å²) in [6.45, 7) is 0. The maximum atomic E-state index is 10.9. The van der Waals surface area contributed by atoms with Crippen LogP contribution in [0, 0.1) is 0 Å². The van der Waals surface area contributed by atoms with Crippen molar-refractivity contribution in [2.75, 3.05) is 11.5 Å². The summed E-state index contributed by atoms with van der Waals surface area (Å²) >= 11 is 0. The average molecular weight is 251 g/mol. The monoisotopic (exact) mass is 251 g/mol. The molecule has 0 bridgehead atoms. The van der Waals surface area contributed by atoms with Crippen LogP contribution in [0.1, 0.15) is 12.8 Å². The molecule has 8 heteroatoms. The van der Waals surface area contributed by atoms with Gasteiger partial charge in [-0.1, -0.05) is 21.6 Å². The first-order chi connectivity index (χ1) is 7.16. The predicted molar refractivity (Wildman–Crippen MR) is 60.7 cm³/mol. The molecule has 4 N–H and O–H groups in total. The molecular weight excluding hydrogens is 238 g/mol. The number of hydrazine groups is 1. The minimum Gasteiger partial charge on any atom is -0.370 e. The Balaban J connectivity index is 3.19. The molecule has 0 aliphatic rings. The van der Waals surface area contributed by atoms with E-state index in [4.69, 9.17) is 5.73 Å². The molecule has 86 valence electrons. The van der Waals surface area contributed by atoms with Crippen LogP contribution in [0.15, 0.2) is 0 Å². The first-order valence-electron chi connectivity index (χ1n) is 4.17. The second-order valence-electron chi connectivity index (χ2n) is 2.42. The van der Waals surface area contributed by atoms with Crippen molar-refractivity contribution in [1.29, 1.82) is 0 Å². The molecule has 0 fully saturated rings. The molecule has 0 heterocycles. The van der Waals surface area contributed by atoms with E-state index in [0.29, 0.717) is 30.8 Å². The van der Waals surface area contributed by atoms with Crippen LogP contribution in [-0.2, 0) is 14.4 Å². The lowest BCUT2D eigenvalue weighted by molar-refractivity contribution is -0.124. The Morgan fingerprint density at radius 1 is 1.20 bits per heavy atom. The summed E-state index contributed by atoms with van der Waals surface area (Å²) in [5.74, 6) is 0.699. The van der Waals surface area contributed by atoms with E-state index < -0.39 is 0 Å². The Kier molecular flexibility index (Phi) is 9.08. The molecule has 0 aliphatic carbocycles. The Hall–Kier alpha value is -0.890. The van der Waals surface area contributed by atoms with Gasteiger partial charge >= 0.3 is 0 Å². The molecule has 0 aromatic carbocycles. The van der Waals surface area contributed by atoms with Crippen molar-refractivity contribution >= 4 is 39.8 Å². The average Bonchev–Trinajstić information content (AvgIpc) is 2.19. The van der Waals surface area contributed by atoms with E-state index >= 15 is 0 Å². The minimum absolute atomic E-state index is 0.245. The Bertz CT molecular complexity index is 226. The molecule has 0 saturated carbocycles. The van der Waals surface area contributed by atoms with E-state index in [9.17, 15) is 14.4 Å². The molecule has 0 rings (SSSR count). The van der Waals surface area contributed by atoms with Crippen LogP contribution in [0.2, 0.25) is 0 Å². The maximum absolute atomic E-state index is 10.9. The fraction of sp³-hybridized carbons (Fsp3) is 0.571. The smallest absolute Gasteiger partial charge is 0.239 e. The SMILES string of the molecule is NC(=O)CCSSCCC(=O)NNC=O. The van der Waals surface area contributed by atoms with Crippen molar-refractivity contribution in [3.8, 4) is 0 Å². The highest BCUT2D eigenvalue weighted by Gasteiger charge is 2.00. The molecule has 0 saturated heterocycles. The largest absolute Gasteiger partial charge is 0.370 e. The van der Waals surface area contributed by atoms with Crippen molar-refractivity contribution < 1.29 is 14.4 Å². The number of carbonyl (C=O) groups is 3. The van der Waals surface area contributed by atoms with Gasteiger partial charge < -0.3 is 5.73 Å². The van der Waals surface area contributed by atoms with Crippen LogP contribution >= 0.6 is 21.6 Å². The molecule has 0 aromatic heterocycles. The van der Waals surface area contributed by atoms with Crippen LogP contribution in [0.3, 0.4) is 0 Å². The lowest BCUT2D eigenvalue weighted by Crippen LogP contribution is -2.36. The van der Waals surface area contributed by atoms with E-state index in [1.807, 2.05) is 0 Å². The van der Waals surface area contributed by atoms with Crippen molar-refractivity contribution in [1.82, 2.24) is 10.9 Å². The van der Waals surface area contributed by atoms with Crippen LogP contribution in [-0.4, -0.2) is 29.7 Å². The highest BCUT2D eigenvalue weighted by molar-refractivity contribution is 8.76.